The van der Waals surface area contributed by atoms with Crippen LogP contribution in [0.5, 0.6) is 0 Å². The molecule has 1 heterocycles. The topological polar surface area (TPSA) is 32.3 Å². The zero-order chi connectivity index (χ0) is 14.7. The highest BCUT2D eigenvalue weighted by molar-refractivity contribution is 5.79. The van der Waals surface area contributed by atoms with Gasteiger partial charge < -0.3 is 10.2 Å². The van der Waals surface area contributed by atoms with Gasteiger partial charge in [-0.15, -0.1) is 0 Å². The monoisotopic (exact) mass is 286 g/mol. The summed E-state index contributed by atoms with van der Waals surface area (Å²) >= 11 is 0. The highest BCUT2D eigenvalue weighted by atomic mass is 16.2. The van der Waals surface area contributed by atoms with Crippen molar-refractivity contribution >= 4 is 5.91 Å². The van der Waals surface area contributed by atoms with Crippen LogP contribution in [0.2, 0.25) is 0 Å². The van der Waals surface area contributed by atoms with Gasteiger partial charge in [0.2, 0.25) is 5.91 Å². The number of rotatable bonds is 5. The summed E-state index contributed by atoms with van der Waals surface area (Å²) < 4.78 is 0. The second-order valence-corrected chi connectivity index (χ2v) is 6.59. The number of carbonyl (C=O) groups excluding carboxylic acids is 1. The van der Waals surface area contributed by atoms with Crippen LogP contribution in [0, 0.1) is 12.8 Å². The van der Waals surface area contributed by atoms with Crippen molar-refractivity contribution in [3.05, 3.63) is 35.4 Å². The minimum absolute atomic E-state index is 0.317. The number of nitrogens with one attached hydrogen (secondary N) is 1. The van der Waals surface area contributed by atoms with Gasteiger partial charge in [0.15, 0.2) is 0 Å². The Morgan fingerprint density at radius 2 is 2.10 bits per heavy atom. The fourth-order valence-electron chi connectivity index (χ4n) is 3.27. The standard InChI is InChI=1S/C18H26N2O/c1-14-5-2-3-7-16(14)11-18(21)20(17-8-9-17)13-15-6-4-10-19-12-15/h2-3,5,7,15,17,19H,4,6,8-13H2,1H3. The molecule has 1 unspecified atom stereocenters. The fraction of sp³-hybridized carbons (Fsp3) is 0.611. The molecule has 1 saturated carbocycles. The normalized spacial score (nSPS) is 22.0. The molecule has 0 spiro atoms. The third-order valence-electron chi connectivity index (χ3n) is 4.76. The molecule has 21 heavy (non-hydrogen) atoms. The van der Waals surface area contributed by atoms with E-state index in [1.54, 1.807) is 0 Å². The maximum atomic E-state index is 12.7. The van der Waals surface area contributed by atoms with Gasteiger partial charge in [-0.3, -0.25) is 4.79 Å². The molecule has 2 fully saturated rings. The Hall–Kier alpha value is -1.35. The van der Waals surface area contributed by atoms with E-state index < -0.39 is 0 Å². The van der Waals surface area contributed by atoms with Crippen LogP contribution in [0.15, 0.2) is 24.3 Å². The molecule has 1 saturated heterocycles. The largest absolute Gasteiger partial charge is 0.339 e. The van der Waals surface area contributed by atoms with E-state index in [2.05, 4.69) is 29.3 Å². The summed E-state index contributed by atoms with van der Waals surface area (Å²) in [6.45, 7) is 5.25. The number of aryl methyl sites for hydroxylation is 1. The highest BCUT2D eigenvalue weighted by Gasteiger charge is 2.34. The van der Waals surface area contributed by atoms with E-state index in [4.69, 9.17) is 0 Å². The van der Waals surface area contributed by atoms with Crippen LogP contribution < -0.4 is 5.32 Å². The molecule has 1 atom stereocenters. The molecule has 1 aliphatic heterocycles. The third kappa shape index (κ3) is 3.85. The number of piperidine rings is 1. The van der Waals surface area contributed by atoms with E-state index in [9.17, 15) is 4.79 Å². The summed E-state index contributed by atoms with van der Waals surface area (Å²) in [5, 5.41) is 3.46. The molecule has 114 valence electrons. The van der Waals surface area contributed by atoms with Gasteiger partial charge in [-0.1, -0.05) is 24.3 Å². The number of hydrogen-bond donors (Lipinski definition) is 1. The lowest BCUT2D eigenvalue weighted by Crippen LogP contribution is -2.42. The summed E-state index contributed by atoms with van der Waals surface area (Å²) in [5.41, 5.74) is 2.40. The molecular weight excluding hydrogens is 260 g/mol. The third-order valence-corrected chi connectivity index (χ3v) is 4.76. The van der Waals surface area contributed by atoms with Gasteiger partial charge in [0.05, 0.1) is 6.42 Å². The van der Waals surface area contributed by atoms with Gasteiger partial charge in [-0.05, 0) is 62.7 Å². The molecule has 1 amide bonds. The van der Waals surface area contributed by atoms with Gasteiger partial charge in [0.25, 0.3) is 0 Å². The lowest BCUT2D eigenvalue weighted by Gasteiger charge is -2.30. The second kappa shape index (κ2) is 6.61. The Bertz CT molecular complexity index is 490. The van der Waals surface area contributed by atoms with Crippen LogP contribution in [0.4, 0.5) is 0 Å². The number of amides is 1. The van der Waals surface area contributed by atoms with Crippen molar-refractivity contribution in [2.75, 3.05) is 19.6 Å². The van der Waals surface area contributed by atoms with E-state index in [1.165, 1.54) is 36.8 Å². The first kappa shape index (κ1) is 14.6. The van der Waals surface area contributed by atoms with Gasteiger partial charge in [-0.25, -0.2) is 0 Å². The van der Waals surface area contributed by atoms with Crippen molar-refractivity contribution in [3.63, 3.8) is 0 Å². The molecular formula is C18H26N2O. The Morgan fingerprint density at radius 1 is 1.29 bits per heavy atom. The van der Waals surface area contributed by atoms with Gasteiger partial charge in [0, 0.05) is 12.6 Å². The summed E-state index contributed by atoms with van der Waals surface area (Å²) in [6.07, 6.45) is 5.45. The number of hydrogen-bond acceptors (Lipinski definition) is 2. The Kier molecular flexibility index (Phi) is 4.59. The molecule has 0 bridgehead atoms. The van der Waals surface area contributed by atoms with Crippen molar-refractivity contribution in [1.29, 1.82) is 0 Å². The minimum Gasteiger partial charge on any atom is -0.339 e. The van der Waals surface area contributed by atoms with Gasteiger partial charge in [0.1, 0.15) is 0 Å². The number of benzene rings is 1. The Balaban J connectivity index is 1.63. The predicted octanol–water partition coefficient (Wildman–Crippen LogP) is 2.53. The van der Waals surface area contributed by atoms with E-state index in [0.717, 1.165) is 19.6 Å². The molecule has 1 N–H and O–H groups in total. The zero-order valence-corrected chi connectivity index (χ0v) is 13.0. The molecule has 1 aromatic rings. The van der Waals surface area contributed by atoms with Crippen molar-refractivity contribution in [2.24, 2.45) is 5.92 Å². The van der Waals surface area contributed by atoms with Crippen LogP contribution in [-0.4, -0.2) is 36.5 Å². The molecule has 0 radical (unpaired) electrons. The predicted molar refractivity (Wildman–Crippen MR) is 85.2 cm³/mol. The first-order chi connectivity index (χ1) is 10.2. The lowest BCUT2D eigenvalue weighted by atomic mass is 9.98. The smallest absolute Gasteiger partial charge is 0.227 e. The van der Waals surface area contributed by atoms with E-state index >= 15 is 0 Å². The van der Waals surface area contributed by atoms with E-state index in [0.29, 0.717) is 24.3 Å². The minimum atomic E-state index is 0.317. The second-order valence-electron chi connectivity index (χ2n) is 6.59. The molecule has 1 aliphatic carbocycles. The summed E-state index contributed by atoms with van der Waals surface area (Å²) in [4.78, 5) is 14.9. The first-order valence-corrected chi connectivity index (χ1v) is 8.28. The lowest BCUT2D eigenvalue weighted by molar-refractivity contribution is -0.131. The van der Waals surface area contributed by atoms with Gasteiger partial charge >= 0.3 is 0 Å². The summed E-state index contributed by atoms with van der Waals surface area (Å²) in [6, 6.07) is 8.76. The zero-order valence-electron chi connectivity index (χ0n) is 13.0. The van der Waals surface area contributed by atoms with Crippen LogP contribution in [-0.2, 0) is 11.2 Å². The molecule has 3 rings (SSSR count). The SMILES string of the molecule is Cc1ccccc1CC(=O)N(CC1CCCNC1)C1CC1. The van der Waals surface area contributed by atoms with Crippen LogP contribution in [0.1, 0.15) is 36.8 Å². The number of carbonyl (C=O) groups is 1. The van der Waals surface area contributed by atoms with Crippen molar-refractivity contribution in [2.45, 2.75) is 45.1 Å². The van der Waals surface area contributed by atoms with Crippen molar-refractivity contribution < 1.29 is 4.79 Å². The van der Waals surface area contributed by atoms with Crippen LogP contribution >= 0.6 is 0 Å². The fourth-order valence-corrected chi connectivity index (χ4v) is 3.27. The van der Waals surface area contributed by atoms with E-state index in [1.807, 2.05) is 12.1 Å². The van der Waals surface area contributed by atoms with Crippen LogP contribution in [0.25, 0.3) is 0 Å². The van der Waals surface area contributed by atoms with Crippen molar-refractivity contribution in [1.82, 2.24) is 10.2 Å². The molecule has 2 aliphatic rings. The Morgan fingerprint density at radius 3 is 2.76 bits per heavy atom. The van der Waals surface area contributed by atoms with Crippen LogP contribution in [0.3, 0.4) is 0 Å². The van der Waals surface area contributed by atoms with E-state index in [-0.39, 0.29) is 0 Å². The summed E-state index contributed by atoms with van der Waals surface area (Å²) in [7, 11) is 0. The van der Waals surface area contributed by atoms with Crippen molar-refractivity contribution in [3.8, 4) is 0 Å². The highest BCUT2D eigenvalue weighted by Crippen LogP contribution is 2.29. The molecule has 1 aromatic carbocycles. The first-order valence-electron chi connectivity index (χ1n) is 8.28. The maximum Gasteiger partial charge on any atom is 0.227 e. The average molecular weight is 286 g/mol. The molecule has 0 aromatic heterocycles. The Labute approximate surface area is 127 Å². The number of nitrogens with zero attached hydrogens (tertiary/aromatic N) is 1. The maximum absolute atomic E-state index is 12.7. The summed E-state index contributed by atoms with van der Waals surface area (Å²) in [5.74, 6) is 0.956. The molecule has 3 nitrogen and oxygen atoms in total. The molecule has 3 heteroatoms. The average Bonchev–Trinajstić information content (AvgIpc) is 3.33. The van der Waals surface area contributed by atoms with Gasteiger partial charge in [-0.2, -0.15) is 0 Å². The quantitative estimate of drug-likeness (QED) is 0.902.